The van der Waals surface area contributed by atoms with Crippen LogP contribution in [0.15, 0.2) is 42.5 Å². The number of hydrogen-bond donors (Lipinski definition) is 1. The van der Waals surface area contributed by atoms with Gasteiger partial charge in [-0.15, -0.1) is 0 Å². The van der Waals surface area contributed by atoms with Gasteiger partial charge in [-0.1, -0.05) is 29.3 Å². The zero-order valence-electron chi connectivity index (χ0n) is 12.6. The van der Waals surface area contributed by atoms with Crippen molar-refractivity contribution in [2.24, 2.45) is 0 Å². The van der Waals surface area contributed by atoms with Crippen LogP contribution >= 0.6 is 23.2 Å². The van der Waals surface area contributed by atoms with Gasteiger partial charge >= 0.3 is 6.09 Å². The lowest BCUT2D eigenvalue weighted by Gasteiger charge is -2.13. The molecule has 24 heavy (non-hydrogen) atoms. The van der Waals surface area contributed by atoms with Gasteiger partial charge in [-0.05, 0) is 42.0 Å². The zero-order valence-corrected chi connectivity index (χ0v) is 14.1. The smallest absolute Gasteiger partial charge is 0.414 e. The Morgan fingerprint density at radius 1 is 1.12 bits per heavy atom. The highest BCUT2D eigenvalue weighted by atomic mass is 35.5. The van der Waals surface area contributed by atoms with E-state index in [4.69, 9.17) is 27.9 Å². The number of ether oxygens (including phenoxy) is 1. The van der Waals surface area contributed by atoms with Gasteiger partial charge in [-0.2, -0.15) is 0 Å². The molecule has 2 amide bonds. The maximum atomic E-state index is 12.1. The topological polar surface area (TPSA) is 58.6 Å². The number of nitrogens with zero attached hydrogens (tertiary/aromatic N) is 1. The maximum Gasteiger partial charge on any atom is 0.414 e. The molecule has 0 spiro atoms. The Hall–Kier alpha value is -2.24. The second-order valence-corrected chi connectivity index (χ2v) is 6.10. The highest BCUT2D eigenvalue weighted by Crippen LogP contribution is 2.24. The lowest BCUT2D eigenvalue weighted by molar-refractivity contribution is -0.115. The van der Waals surface area contributed by atoms with E-state index >= 15 is 0 Å². The molecule has 1 heterocycles. The number of benzene rings is 2. The van der Waals surface area contributed by atoms with E-state index in [1.807, 2.05) is 0 Å². The van der Waals surface area contributed by atoms with Crippen LogP contribution in [0.4, 0.5) is 16.2 Å². The number of amides is 2. The highest BCUT2D eigenvalue weighted by Gasteiger charge is 2.23. The number of cyclic esters (lactones) is 1. The molecule has 7 heteroatoms. The molecule has 0 aromatic heterocycles. The Morgan fingerprint density at radius 2 is 1.88 bits per heavy atom. The van der Waals surface area contributed by atoms with Crippen LogP contribution in [0.5, 0.6) is 0 Å². The molecule has 0 unspecified atom stereocenters. The summed E-state index contributed by atoms with van der Waals surface area (Å²) < 4.78 is 4.90. The first-order chi connectivity index (χ1) is 11.5. The van der Waals surface area contributed by atoms with Crippen molar-refractivity contribution in [3.63, 3.8) is 0 Å². The van der Waals surface area contributed by atoms with E-state index < -0.39 is 0 Å². The summed E-state index contributed by atoms with van der Waals surface area (Å²) in [5.41, 5.74) is 2.16. The van der Waals surface area contributed by atoms with Gasteiger partial charge in [0.2, 0.25) is 5.91 Å². The van der Waals surface area contributed by atoms with Gasteiger partial charge in [-0.25, -0.2) is 4.79 Å². The van der Waals surface area contributed by atoms with Crippen LogP contribution in [0, 0.1) is 0 Å². The van der Waals surface area contributed by atoms with Crippen LogP contribution in [-0.2, 0) is 16.0 Å². The summed E-state index contributed by atoms with van der Waals surface area (Å²) in [6.07, 6.45) is -0.164. The molecule has 0 radical (unpaired) electrons. The van der Waals surface area contributed by atoms with Gasteiger partial charge in [0.05, 0.1) is 23.0 Å². The van der Waals surface area contributed by atoms with Crippen LogP contribution in [0.25, 0.3) is 0 Å². The third-order valence-corrected chi connectivity index (χ3v) is 4.31. The minimum Gasteiger partial charge on any atom is -0.447 e. The van der Waals surface area contributed by atoms with E-state index in [1.165, 1.54) is 0 Å². The fourth-order valence-corrected chi connectivity index (χ4v) is 2.71. The highest BCUT2D eigenvalue weighted by molar-refractivity contribution is 6.42. The molecule has 1 fully saturated rings. The van der Waals surface area contributed by atoms with Crippen molar-refractivity contribution in [1.29, 1.82) is 0 Å². The minimum atomic E-state index is -0.355. The van der Waals surface area contributed by atoms with Crippen LogP contribution in [-0.4, -0.2) is 25.2 Å². The standard InChI is InChI=1S/C17H14Cl2N2O3/c18-14-6-1-11(9-15(14)19)10-16(22)20-12-2-4-13(5-3-12)21-7-8-24-17(21)23/h1-6,9H,7-8,10H2,(H,20,22). The van der Waals surface area contributed by atoms with Crippen molar-refractivity contribution in [2.45, 2.75) is 6.42 Å². The number of anilines is 2. The number of carbonyl (C=O) groups excluding carboxylic acids is 2. The molecule has 1 aliphatic rings. The largest absolute Gasteiger partial charge is 0.447 e. The average Bonchev–Trinajstić information content (AvgIpc) is 2.98. The lowest BCUT2D eigenvalue weighted by atomic mass is 10.1. The van der Waals surface area contributed by atoms with Gasteiger partial charge in [0.25, 0.3) is 0 Å². The molecular weight excluding hydrogens is 351 g/mol. The molecule has 0 atom stereocenters. The Morgan fingerprint density at radius 3 is 2.50 bits per heavy atom. The first kappa shape index (κ1) is 16.6. The monoisotopic (exact) mass is 364 g/mol. The molecule has 1 aliphatic heterocycles. The van der Waals surface area contributed by atoms with Crippen molar-refractivity contribution in [2.75, 3.05) is 23.4 Å². The molecule has 0 saturated carbocycles. The summed E-state index contributed by atoms with van der Waals surface area (Å²) in [6.45, 7) is 0.919. The molecule has 5 nitrogen and oxygen atoms in total. The first-order valence-corrected chi connectivity index (χ1v) is 8.06. The number of hydrogen-bond acceptors (Lipinski definition) is 3. The average molecular weight is 365 g/mol. The van der Waals surface area contributed by atoms with E-state index in [0.29, 0.717) is 28.9 Å². The van der Waals surface area contributed by atoms with E-state index in [2.05, 4.69) is 5.32 Å². The predicted octanol–water partition coefficient (Wildman–Crippen LogP) is 4.13. The van der Waals surface area contributed by atoms with E-state index in [1.54, 1.807) is 47.4 Å². The van der Waals surface area contributed by atoms with E-state index in [9.17, 15) is 9.59 Å². The Labute approximate surface area is 149 Å². The van der Waals surface area contributed by atoms with Gasteiger partial charge < -0.3 is 10.1 Å². The molecule has 0 bridgehead atoms. The zero-order chi connectivity index (χ0) is 17.1. The van der Waals surface area contributed by atoms with E-state index in [0.717, 1.165) is 11.3 Å². The molecule has 3 rings (SSSR count). The van der Waals surface area contributed by atoms with Crippen molar-refractivity contribution >= 4 is 46.6 Å². The summed E-state index contributed by atoms with van der Waals surface area (Å²) in [5.74, 6) is -0.165. The van der Waals surface area contributed by atoms with Crippen LogP contribution in [0.1, 0.15) is 5.56 Å². The third kappa shape index (κ3) is 3.80. The van der Waals surface area contributed by atoms with Crippen LogP contribution < -0.4 is 10.2 Å². The third-order valence-electron chi connectivity index (χ3n) is 3.57. The van der Waals surface area contributed by atoms with Gasteiger partial charge in [0.15, 0.2) is 0 Å². The fourth-order valence-electron chi connectivity index (χ4n) is 2.39. The van der Waals surface area contributed by atoms with Gasteiger partial charge in [0.1, 0.15) is 6.61 Å². The molecule has 1 saturated heterocycles. The van der Waals surface area contributed by atoms with Crippen molar-refractivity contribution in [3.8, 4) is 0 Å². The second-order valence-electron chi connectivity index (χ2n) is 5.29. The summed E-state index contributed by atoms with van der Waals surface area (Å²) in [6, 6.07) is 12.1. The maximum absolute atomic E-state index is 12.1. The Kier molecular flexibility index (Phi) is 4.92. The molecule has 2 aromatic carbocycles. The molecule has 1 N–H and O–H groups in total. The Balaban J connectivity index is 1.62. The van der Waals surface area contributed by atoms with Crippen LogP contribution in [0.2, 0.25) is 10.0 Å². The van der Waals surface area contributed by atoms with Gasteiger partial charge in [0, 0.05) is 11.4 Å². The lowest BCUT2D eigenvalue weighted by Crippen LogP contribution is -2.23. The SMILES string of the molecule is O=C(Cc1ccc(Cl)c(Cl)c1)Nc1ccc(N2CCOC2=O)cc1. The second kappa shape index (κ2) is 7.11. The number of carbonyl (C=O) groups is 2. The van der Waals surface area contributed by atoms with Gasteiger partial charge in [-0.3, -0.25) is 9.69 Å². The van der Waals surface area contributed by atoms with Crippen molar-refractivity contribution in [1.82, 2.24) is 0 Å². The minimum absolute atomic E-state index is 0.165. The molecule has 2 aromatic rings. The number of halogens is 2. The predicted molar refractivity (Wildman–Crippen MR) is 93.9 cm³/mol. The van der Waals surface area contributed by atoms with Crippen molar-refractivity contribution in [3.05, 3.63) is 58.1 Å². The molecule has 0 aliphatic carbocycles. The normalized spacial score (nSPS) is 13.8. The number of rotatable bonds is 4. The van der Waals surface area contributed by atoms with Crippen LogP contribution in [0.3, 0.4) is 0 Å². The number of nitrogens with one attached hydrogen (secondary N) is 1. The first-order valence-electron chi connectivity index (χ1n) is 7.31. The molecule has 124 valence electrons. The fraction of sp³-hybridized carbons (Fsp3) is 0.176. The molecular formula is C17H14Cl2N2O3. The summed E-state index contributed by atoms with van der Waals surface area (Å²) in [5, 5.41) is 3.68. The Bertz CT molecular complexity index is 778. The summed E-state index contributed by atoms with van der Waals surface area (Å²) in [4.78, 5) is 25.1. The van der Waals surface area contributed by atoms with Crippen molar-refractivity contribution < 1.29 is 14.3 Å². The summed E-state index contributed by atoms with van der Waals surface area (Å²) in [7, 11) is 0. The quantitative estimate of drug-likeness (QED) is 0.886. The van der Waals surface area contributed by atoms with E-state index in [-0.39, 0.29) is 18.4 Å². The summed E-state index contributed by atoms with van der Waals surface area (Å²) >= 11 is 11.8.